The van der Waals surface area contributed by atoms with Crippen LogP contribution >= 0.6 is 11.8 Å². The van der Waals surface area contributed by atoms with Crippen LogP contribution in [-0.4, -0.2) is 25.1 Å². The van der Waals surface area contributed by atoms with Crippen LogP contribution in [0.2, 0.25) is 0 Å². The second-order valence-electron chi connectivity index (χ2n) is 5.03. The fourth-order valence-corrected chi connectivity index (χ4v) is 2.76. The van der Waals surface area contributed by atoms with Crippen LogP contribution in [0.15, 0.2) is 39.9 Å². The van der Waals surface area contributed by atoms with Gasteiger partial charge in [0.25, 0.3) is 0 Å². The Morgan fingerprint density at radius 2 is 1.96 bits per heavy atom. The molecule has 0 saturated carbocycles. The quantitative estimate of drug-likeness (QED) is 0.525. The van der Waals surface area contributed by atoms with Gasteiger partial charge in [-0.1, -0.05) is 43.3 Å². The Morgan fingerprint density at radius 3 is 2.74 bits per heavy atom. The fraction of sp³-hybridized carbons (Fsp3) is 0.333. The number of hydrogen-bond donors (Lipinski definition) is 1. The highest BCUT2D eigenvalue weighted by atomic mass is 32.2. The Labute approximate surface area is 138 Å². The first-order valence-electron chi connectivity index (χ1n) is 7.48. The molecule has 23 heavy (non-hydrogen) atoms. The molecule has 0 spiro atoms. The molecule has 2 heterocycles. The summed E-state index contributed by atoms with van der Waals surface area (Å²) in [5, 5.41) is 17.0. The molecule has 120 valence electrons. The van der Waals surface area contributed by atoms with Gasteiger partial charge in [0.2, 0.25) is 16.9 Å². The number of unbranched alkanes of at least 4 members (excludes halogenated alkanes) is 1. The summed E-state index contributed by atoms with van der Waals surface area (Å²) < 4.78 is 7.20. The van der Waals surface area contributed by atoms with E-state index in [1.165, 1.54) is 16.4 Å². The Balaban J connectivity index is 1.63. The molecule has 0 fully saturated rings. The standard InChI is InChI=1S/C15H18N6OS/c1-2-3-9-12-17-20-15(21(12)16)23-10-13-18-19-14(22-13)11-7-5-4-6-8-11/h4-8H,2-3,9-10,16H2,1H3. The monoisotopic (exact) mass is 330 g/mol. The number of aryl methyl sites for hydroxylation is 1. The van der Waals surface area contributed by atoms with Crippen LogP contribution < -0.4 is 5.84 Å². The number of nitrogens with two attached hydrogens (primary N) is 1. The smallest absolute Gasteiger partial charge is 0.247 e. The van der Waals surface area contributed by atoms with Gasteiger partial charge in [-0.15, -0.1) is 20.4 Å². The molecule has 0 atom stereocenters. The third-order valence-corrected chi connectivity index (χ3v) is 4.23. The molecule has 7 nitrogen and oxygen atoms in total. The number of thioether (sulfide) groups is 1. The minimum atomic E-state index is 0.503. The van der Waals surface area contributed by atoms with Crippen molar-refractivity contribution in [1.82, 2.24) is 25.1 Å². The van der Waals surface area contributed by atoms with E-state index in [4.69, 9.17) is 10.3 Å². The molecule has 8 heteroatoms. The molecule has 2 N–H and O–H groups in total. The lowest BCUT2D eigenvalue weighted by molar-refractivity contribution is 0.528. The first-order valence-corrected chi connectivity index (χ1v) is 8.46. The predicted molar refractivity (Wildman–Crippen MR) is 88.1 cm³/mol. The molecule has 0 aliphatic heterocycles. The maximum atomic E-state index is 6.01. The summed E-state index contributed by atoms with van der Waals surface area (Å²) in [5.41, 5.74) is 0.903. The lowest BCUT2D eigenvalue weighted by Gasteiger charge is -2.01. The fourth-order valence-electron chi connectivity index (χ4n) is 2.05. The van der Waals surface area contributed by atoms with Crippen LogP contribution in [-0.2, 0) is 12.2 Å². The maximum Gasteiger partial charge on any atom is 0.247 e. The van der Waals surface area contributed by atoms with Crippen molar-refractivity contribution in [2.75, 3.05) is 5.84 Å². The van der Waals surface area contributed by atoms with Gasteiger partial charge < -0.3 is 10.3 Å². The predicted octanol–water partition coefficient (Wildman–Crippen LogP) is 2.68. The number of nitrogens with zero attached hydrogens (tertiary/aromatic N) is 5. The zero-order chi connectivity index (χ0) is 16.1. The lowest BCUT2D eigenvalue weighted by Crippen LogP contribution is -2.14. The summed E-state index contributed by atoms with van der Waals surface area (Å²) in [7, 11) is 0. The second-order valence-corrected chi connectivity index (χ2v) is 5.97. The molecule has 3 aromatic rings. The van der Waals surface area contributed by atoms with Crippen molar-refractivity contribution in [3.63, 3.8) is 0 Å². The highest BCUT2D eigenvalue weighted by Crippen LogP contribution is 2.23. The van der Waals surface area contributed by atoms with E-state index in [9.17, 15) is 0 Å². The molecule has 0 aliphatic carbocycles. The molecular formula is C15H18N6OS. The lowest BCUT2D eigenvalue weighted by atomic mass is 10.2. The van der Waals surface area contributed by atoms with Crippen molar-refractivity contribution >= 4 is 11.8 Å². The first-order chi connectivity index (χ1) is 11.3. The summed E-state index contributed by atoms with van der Waals surface area (Å²) in [6, 6.07) is 9.67. The van der Waals surface area contributed by atoms with Crippen molar-refractivity contribution in [3.8, 4) is 11.5 Å². The number of nitrogen functional groups attached to an aromatic ring is 1. The van der Waals surface area contributed by atoms with Gasteiger partial charge in [-0.3, -0.25) is 0 Å². The minimum Gasteiger partial charge on any atom is -0.420 e. The molecule has 0 unspecified atom stereocenters. The van der Waals surface area contributed by atoms with Gasteiger partial charge >= 0.3 is 0 Å². The summed E-state index contributed by atoms with van der Waals surface area (Å²) in [6.07, 6.45) is 2.98. The summed E-state index contributed by atoms with van der Waals surface area (Å²) in [6.45, 7) is 2.13. The molecule has 0 bridgehead atoms. The number of rotatable bonds is 7. The Morgan fingerprint density at radius 1 is 1.13 bits per heavy atom. The minimum absolute atomic E-state index is 0.503. The largest absolute Gasteiger partial charge is 0.420 e. The van der Waals surface area contributed by atoms with Crippen molar-refractivity contribution in [2.45, 2.75) is 37.1 Å². The van der Waals surface area contributed by atoms with Gasteiger partial charge in [-0.2, -0.15) is 0 Å². The second kappa shape index (κ2) is 7.28. The average molecular weight is 330 g/mol. The van der Waals surface area contributed by atoms with Crippen molar-refractivity contribution in [2.24, 2.45) is 0 Å². The highest BCUT2D eigenvalue weighted by molar-refractivity contribution is 7.98. The van der Waals surface area contributed by atoms with Crippen LogP contribution in [0.4, 0.5) is 0 Å². The maximum absolute atomic E-state index is 6.01. The van der Waals surface area contributed by atoms with Crippen LogP contribution in [0.25, 0.3) is 11.5 Å². The van der Waals surface area contributed by atoms with Crippen LogP contribution in [0.5, 0.6) is 0 Å². The number of aromatic nitrogens is 5. The van der Waals surface area contributed by atoms with Crippen LogP contribution in [0.1, 0.15) is 31.5 Å². The van der Waals surface area contributed by atoms with Crippen molar-refractivity contribution in [3.05, 3.63) is 42.0 Å². The van der Waals surface area contributed by atoms with E-state index < -0.39 is 0 Å². The Bertz CT molecular complexity index is 754. The topological polar surface area (TPSA) is 95.6 Å². The molecule has 0 radical (unpaired) electrons. The zero-order valence-corrected chi connectivity index (χ0v) is 13.7. The third-order valence-electron chi connectivity index (χ3n) is 3.30. The number of benzene rings is 1. The molecule has 0 amide bonds. The average Bonchev–Trinajstić information content (AvgIpc) is 3.19. The molecule has 0 saturated heterocycles. The summed E-state index contributed by atoms with van der Waals surface area (Å²) in [4.78, 5) is 0. The van der Waals surface area contributed by atoms with E-state index in [1.54, 1.807) is 0 Å². The van der Waals surface area contributed by atoms with Gasteiger partial charge in [-0.05, 0) is 18.6 Å². The van der Waals surface area contributed by atoms with Gasteiger partial charge in [0.05, 0.1) is 5.75 Å². The van der Waals surface area contributed by atoms with E-state index in [-0.39, 0.29) is 0 Å². The molecule has 2 aromatic heterocycles. The molecule has 0 aliphatic rings. The first kappa shape index (κ1) is 15.5. The van der Waals surface area contributed by atoms with Gasteiger partial charge in [-0.25, -0.2) is 4.68 Å². The summed E-state index contributed by atoms with van der Waals surface area (Å²) in [5.74, 6) is 8.36. The number of hydrogen-bond acceptors (Lipinski definition) is 7. The molecule has 3 rings (SSSR count). The van der Waals surface area contributed by atoms with Crippen molar-refractivity contribution in [1.29, 1.82) is 0 Å². The van der Waals surface area contributed by atoms with E-state index >= 15 is 0 Å². The van der Waals surface area contributed by atoms with E-state index in [1.807, 2.05) is 30.3 Å². The third kappa shape index (κ3) is 3.70. The Kier molecular flexibility index (Phi) is 4.92. The van der Waals surface area contributed by atoms with Gasteiger partial charge in [0.1, 0.15) is 0 Å². The Hall–Kier alpha value is -2.35. The normalized spacial score (nSPS) is 11.0. The van der Waals surface area contributed by atoms with Crippen molar-refractivity contribution < 1.29 is 4.42 Å². The van der Waals surface area contributed by atoms with Crippen LogP contribution in [0, 0.1) is 0 Å². The van der Waals surface area contributed by atoms with Gasteiger partial charge in [0.15, 0.2) is 5.82 Å². The highest BCUT2D eigenvalue weighted by Gasteiger charge is 2.13. The molecule has 1 aromatic carbocycles. The molecular weight excluding hydrogens is 312 g/mol. The van der Waals surface area contributed by atoms with Gasteiger partial charge in [0, 0.05) is 12.0 Å². The van der Waals surface area contributed by atoms with Crippen LogP contribution in [0.3, 0.4) is 0 Å². The SMILES string of the molecule is CCCCc1nnc(SCc2nnc(-c3ccccc3)o2)n1N. The van der Waals surface area contributed by atoms with E-state index in [0.717, 1.165) is 30.7 Å². The van der Waals surface area contributed by atoms with E-state index in [0.29, 0.717) is 22.7 Å². The van der Waals surface area contributed by atoms with E-state index in [2.05, 4.69) is 27.3 Å². The zero-order valence-electron chi connectivity index (χ0n) is 12.8. The summed E-state index contributed by atoms with van der Waals surface area (Å²) >= 11 is 1.43.